The second-order valence-electron chi connectivity index (χ2n) is 5.09. The van der Waals surface area contributed by atoms with Crippen molar-refractivity contribution >= 4 is 23.4 Å². The SMILES string of the molecule is CCCc1ccc(-n2c(=S)[nH]c3c(C)nn(C)c32)cc1. The smallest absolute Gasteiger partial charge is 0.184 e. The number of benzene rings is 1. The maximum absolute atomic E-state index is 5.46. The van der Waals surface area contributed by atoms with Crippen LogP contribution in [0.15, 0.2) is 24.3 Å². The van der Waals surface area contributed by atoms with Crippen LogP contribution in [0.4, 0.5) is 0 Å². The number of aromatic nitrogens is 4. The van der Waals surface area contributed by atoms with Gasteiger partial charge in [0.15, 0.2) is 10.4 Å². The summed E-state index contributed by atoms with van der Waals surface area (Å²) in [5, 5.41) is 4.44. The highest BCUT2D eigenvalue weighted by Gasteiger charge is 2.13. The first-order valence-corrected chi connectivity index (χ1v) is 7.26. The predicted octanol–water partition coefficient (Wildman–Crippen LogP) is 3.68. The highest BCUT2D eigenvalue weighted by Crippen LogP contribution is 2.21. The quantitative estimate of drug-likeness (QED) is 0.746. The van der Waals surface area contributed by atoms with E-state index >= 15 is 0 Å². The first-order valence-electron chi connectivity index (χ1n) is 6.85. The number of hydrogen-bond donors (Lipinski definition) is 1. The minimum Gasteiger partial charge on any atom is -0.327 e. The van der Waals surface area contributed by atoms with Gasteiger partial charge in [0.2, 0.25) is 0 Å². The third kappa shape index (κ3) is 1.98. The molecular weight excluding hydrogens is 268 g/mol. The normalized spacial score (nSPS) is 11.3. The van der Waals surface area contributed by atoms with Crippen molar-refractivity contribution in [2.75, 3.05) is 0 Å². The van der Waals surface area contributed by atoms with Crippen molar-refractivity contribution in [3.05, 3.63) is 40.3 Å². The van der Waals surface area contributed by atoms with Crippen molar-refractivity contribution in [2.24, 2.45) is 7.05 Å². The molecule has 0 radical (unpaired) electrons. The molecule has 0 fully saturated rings. The molecule has 0 aliphatic carbocycles. The molecule has 1 N–H and O–H groups in total. The minimum atomic E-state index is 0.708. The lowest BCUT2D eigenvalue weighted by atomic mass is 10.1. The van der Waals surface area contributed by atoms with Crippen molar-refractivity contribution in [3.63, 3.8) is 0 Å². The summed E-state index contributed by atoms with van der Waals surface area (Å²) in [4.78, 5) is 3.25. The lowest BCUT2D eigenvalue weighted by Crippen LogP contribution is -2.01. The largest absolute Gasteiger partial charge is 0.327 e. The van der Waals surface area contributed by atoms with Crippen LogP contribution in [0.5, 0.6) is 0 Å². The molecule has 1 aromatic carbocycles. The molecule has 3 rings (SSSR count). The molecular formula is C15H18N4S. The van der Waals surface area contributed by atoms with Crippen molar-refractivity contribution in [1.82, 2.24) is 19.3 Å². The van der Waals surface area contributed by atoms with Gasteiger partial charge in [0, 0.05) is 12.7 Å². The Morgan fingerprint density at radius 1 is 1.25 bits per heavy atom. The average Bonchev–Trinajstić information content (AvgIpc) is 2.89. The average molecular weight is 286 g/mol. The fourth-order valence-electron chi connectivity index (χ4n) is 2.65. The number of hydrogen-bond acceptors (Lipinski definition) is 2. The van der Waals surface area contributed by atoms with Crippen LogP contribution in [0.2, 0.25) is 0 Å². The van der Waals surface area contributed by atoms with E-state index in [1.54, 1.807) is 0 Å². The number of aromatic amines is 1. The first-order chi connectivity index (χ1) is 9.61. The number of fused-ring (bicyclic) bond motifs is 1. The Hall–Kier alpha value is -1.88. The topological polar surface area (TPSA) is 38.5 Å². The van der Waals surface area contributed by atoms with Gasteiger partial charge in [0.05, 0.1) is 5.69 Å². The molecule has 0 aliphatic rings. The van der Waals surface area contributed by atoms with E-state index in [2.05, 4.69) is 41.3 Å². The molecule has 0 bridgehead atoms. The van der Waals surface area contributed by atoms with Gasteiger partial charge in [-0.2, -0.15) is 5.10 Å². The summed E-state index contributed by atoms with van der Waals surface area (Å²) < 4.78 is 4.62. The summed E-state index contributed by atoms with van der Waals surface area (Å²) in [7, 11) is 1.94. The molecule has 0 spiro atoms. The van der Waals surface area contributed by atoms with E-state index in [4.69, 9.17) is 12.2 Å². The van der Waals surface area contributed by atoms with E-state index in [-0.39, 0.29) is 0 Å². The Kier molecular flexibility index (Phi) is 3.22. The Labute approximate surface area is 123 Å². The van der Waals surface area contributed by atoms with Gasteiger partial charge in [0.25, 0.3) is 0 Å². The first kappa shape index (κ1) is 13.1. The monoisotopic (exact) mass is 286 g/mol. The van der Waals surface area contributed by atoms with Crippen molar-refractivity contribution < 1.29 is 0 Å². The van der Waals surface area contributed by atoms with Crippen molar-refractivity contribution in [3.8, 4) is 5.69 Å². The number of rotatable bonds is 3. The van der Waals surface area contributed by atoms with Gasteiger partial charge in [-0.25, -0.2) is 4.68 Å². The number of H-pyrrole nitrogens is 1. The minimum absolute atomic E-state index is 0.708. The summed E-state index contributed by atoms with van der Waals surface area (Å²) in [6, 6.07) is 8.58. The van der Waals surface area contributed by atoms with Crippen LogP contribution in [-0.4, -0.2) is 19.3 Å². The van der Waals surface area contributed by atoms with Gasteiger partial charge in [-0.05, 0) is 43.3 Å². The number of nitrogens with zero attached hydrogens (tertiary/aromatic N) is 3. The second-order valence-corrected chi connectivity index (χ2v) is 5.48. The molecule has 104 valence electrons. The third-order valence-corrected chi connectivity index (χ3v) is 3.86. The molecule has 0 unspecified atom stereocenters. The Balaban J connectivity index is 2.18. The van der Waals surface area contributed by atoms with Gasteiger partial charge in [-0.3, -0.25) is 4.57 Å². The Bertz CT molecular complexity index is 805. The lowest BCUT2D eigenvalue weighted by Gasteiger charge is -2.06. The van der Waals surface area contributed by atoms with E-state index < -0.39 is 0 Å². The molecule has 4 nitrogen and oxygen atoms in total. The van der Waals surface area contributed by atoms with E-state index in [9.17, 15) is 0 Å². The fraction of sp³-hybridized carbons (Fsp3) is 0.333. The van der Waals surface area contributed by atoms with E-state index in [1.807, 2.05) is 23.2 Å². The molecule has 0 amide bonds. The number of imidazole rings is 1. The zero-order chi connectivity index (χ0) is 14.3. The Morgan fingerprint density at radius 2 is 1.95 bits per heavy atom. The van der Waals surface area contributed by atoms with Crippen molar-refractivity contribution in [2.45, 2.75) is 26.7 Å². The van der Waals surface area contributed by atoms with Crippen LogP contribution in [0.25, 0.3) is 16.9 Å². The molecule has 3 aromatic rings. The molecule has 20 heavy (non-hydrogen) atoms. The second kappa shape index (κ2) is 4.90. The highest BCUT2D eigenvalue weighted by molar-refractivity contribution is 7.71. The van der Waals surface area contributed by atoms with E-state index in [0.29, 0.717) is 4.77 Å². The van der Waals surface area contributed by atoms with Crippen LogP contribution in [-0.2, 0) is 13.5 Å². The molecule has 5 heteroatoms. The molecule has 0 aliphatic heterocycles. The fourth-order valence-corrected chi connectivity index (χ4v) is 2.94. The molecule has 2 aromatic heterocycles. The third-order valence-electron chi connectivity index (χ3n) is 3.57. The number of aryl methyl sites for hydroxylation is 3. The van der Waals surface area contributed by atoms with Gasteiger partial charge >= 0.3 is 0 Å². The van der Waals surface area contributed by atoms with E-state index in [0.717, 1.165) is 35.4 Å². The standard InChI is InChI=1S/C15H18N4S/c1-4-5-11-6-8-12(9-7-11)19-14-13(16-15(19)20)10(2)17-18(14)3/h6-9H,4-5H2,1-3H3,(H,16,20). The van der Waals surface area contributed by atoms with E-state index in [1.165, 1.54) is 5.56 Å². The molecule has 0 saturated heterocycles. The zero-order valence-electron chi connectivity index (χ0n) is 12.0. The van der Waals surface area contributed by atoms with Gasteiger partial charge in [-0.15, -0.1) is 0 Å². The zero-order valence-corrected chi connectivity index (χ0v) is 12.8. The maximum Gasteiger partial charge on any atom is 0.184 e. The molecule has 2 heterocycles. The number of nitrogens with one attached hydrogen (secondary N) is 1. The maximum atomic E-state index is 5.46. The lowest BCUT2D eigenvalue weighted by molar-refractivity contribution is 0.759. The van der Waals surface area contributed by atoms with Crippen LogP contribution in [0, 0.1) is 11.7 Å². The Morgan fingerprint density at radius 3 is 2.60 bits per heavy atom. The summed E-state index contributed by atoms with van der Waals surface area (Å²) in [6.07, 6.45) is 2.27. The van der Waals surface area contributed by atoms with Gasteiger partial charge in [-0.1, -0.05) is 25.5 Å². The van der Waals surface area contributed by atoms with Crippen LogP contribution in [0.1, 0.15) is 24.6 Å². The summed E-state index contributed by atoms with van der Waals surface area (Å²) in [5.41, 5.74) is 5.42. The molecule has 0 saturated carbocycles. The van der Waals surface area contributed by atoms with Gasteiger partial charge in [0.1, 0.15) is 5.52 Å². The highest BCUT2D eigenvalue weighted by atomic mass is 32.1. The van der Waals surface area contributed by atoms with Crippen LogP contribution >= 0.6 is 12.2 Å². The van der Waals surface area contributed by atoms with Crippen molar-refractivity contribution in [1.29, 1.82) is 0 Å². The van der Waals surface area contributed by atoms with Crippen LogP contribution < -0.4 is 0 Å². The summed E-state index contributed by atoms with van der Waals surface area (Å²) in [6.45, 7) is 4.18. The summed E-state index contributed by atoms with van der Waals surface area (Å²) >= 11 is 5.46. The van der Waals surface area contributed by atoms with Gasteiger partial charge < -0.3 is 4.98 Å². The predicted molar refractivity (Wildman–Crippen MR) is 84.0 cm³/mol. The summed E-state index contributed by atoms with van der Waals surface area (Å²) in [5.74, 6) is 0. The molecule has 0 atom stereocenters. The van der Waals surface area contributed by atoms with Crippen LogP contribution in [0.3, 0.4) is 0 Å².